The summed E-state index contributed by atoms with van der Waals surface area (Å²) in [6.45, 7) is 2.16. The van der Waals surface area contributed by atoms with Gasteiger partial charge in [-0.05, 0) is 24.3 Å². The van der Waals surface area contributed by atoms with E-state index >= 15 is 0 Å². The van der Waals surface area contributed by atoms with Crippen molar-refractivity contribution in [2.75, 3.05) is 25.5 Å². The first-order chi connectivity index (χ1) is 12.3. The number of aromatic nitrogens is 3. The van der Waals surface area contributed by atoms with Gasteiger partial charge in [0.1, 0.15) is 5.82 Å². The summed E-state index contributed by atoms with van der Waals surface area (Å²) in [6.07, 6.45) is 1.79. The smallest absolute Gasteiger partial charge is 0.191 e. The summed E-state index contributed by atoms with van der Waals surface area (Å²) in [5.41, 5.74) is 2.09. The predicted molar refractivity (Wildman–Crippen MR) is 102 cm³/mol. The van der Waals surface area contributed by atoms with Crippen LogP contribution in [0.15, 0.2) is 53.7 Å². The number of guanidine groups is 1. The van der Waals surface area contributed by atoms with Gasteiger partial charge in [-0.2, -0.15) is 5.10 Å². The summed E-state index contributed by atoms with van der Waals surface area (Å²) in [7, 11) is 3.69. The molecule has 25 heavy (non-hydrogen) atoms. The van der Waals surface area contributed by atoms with Crippen LogP contribution in [0.2, 0.25) is 0 Å². The van der Waals surface area contributed by atoms with E-state index in [4.69, 9.17) is 0 Å². The minimum absolute atomic E-state index is 0.676. The fourth-order valence-corrected chi connectivity index (χ4v) is 2.51. The van der Waals surface area contributed by atoms with Crippen LogP contribution in [0.1, 0.15) is 5.69 Å². The molecule has 0 atom stereocenters. The molecule has 0 unspecified atom stereocenters. The molecule has 0 spiro atoms. The van der Waals surface area contributed by atoms with Crippen LogP contribution in [-0.4, -0.2) is 40.9 Å². The second-order valence-electron chi connectivity index (χ2n) is 5.61. The molecular weight excluding hydrogens is 314 g/mol. The largest absolute Gasteiger partial charge is 0.368 e. The number of aliphatic imine (C=N–C) groups is 1. The van der Waals surface area contributed by atoms with Crippen LogP contribution in [0.3, 0.4) is 0 Å². The number of hydrogen-bond acceptors (Lipinski definition) is 4. The zero-order valence-electron chi connectivity index (χ0n) is 14.5. The summed E-state index contributed by atoms with van der Waals surface area (Å²) in [6, 6.07) is 14.1. The molecule has 0 aliphatic carbocycles. The number of anilines is 1. The zero-order valence-corrected chi connectivity index (χ0v) is 14.5. The number of nitrogens with one attached hydrogen (secondary N) is 3. The van der Waals surface area contributed by atoms with Gasteiger partial charge in [-0.25, -0.2) is 4.98 Å². The van der Waals surface area contributed by atoms with Crippen LogP contribution in [-0.2, 0) is 13.6 Å². The van der Waals surface area contributed by atoms with Gasteiger partial charge in [0.2, 0.25) is 0 Å². The molecule has 7 heteroatoms. The molecule has 2 heterocycles. The third-order valence-corrected chi connectivity index (χ3v) is 3.90. The van der Waals surface area contributed by atoms with Gasteiger partial charge in [0.05, 0.1) is 17.8 Å². The molecule has 0 aliphatic rings. The molecule has 2 aromatic heterocycles. The van der Waals surface area contributed by atoms with Gasteiger partial charge in [-0.15, -0.1) is 0 Å². The minimum atomic E-state index is 0.676. The van der Waals surface area contributed by atoms with Crippen LogP contribution in [0.5, 0.6) is 0 Å². The Labute approximate surface area is 147 Å². The van der Waals surface area contributed by atoms with Crippen molar-refractivity contribution in [1.29, 1.82) is 0 Å². The van der Waals surface area contributed by atoms with E-state index < -0.39 is 0 Å². The van der Waals surface area contributed by atoms with Crippen LogP contribution < -0.4 is 16.0 Å². The van der Waals surface area contributed by atoms with Crippen molar-refractivity contribution >= 4 is 22.7 Å². The SMILES string of the molecule is CN=C(NCCNc1ccc2ccccc2n1)NCc1ccnn1C. The Morgan fingerprint density at radius 1 is 1.08 bits per heavy atom. The summed E-state index contributed by atoms with van der Waals surface area (Å²) >= 11 is 0. The first-order valence-electron chi connectivity index (χ1n) is 8.27. The van der Waals surface area contributed by atoms with Crippen LogP contribution >= 0.6 is 0 Å². The number of aryl methyl sites for hydroxylation is 1. The highest BCUT2D eigenvalue weighted by molar-refractivity contribution is 5.80. The van der Waals surface area contributed by atoms with Gasteiger partial charge in [-0.3, -0.25) is 9.67 Å². The first kappa shape index (κ1) is 16.8. The number of rotatable bonds is 6. The Morgan fingerprint density at radius 2 is 1.96 bits per heavy atom. The maximum Gasteiger partial charge on any atom is 0.191 e. The number of fused-ring (bicyclic) bond motifs is 1. The van der Waals surface area contributed by atoms with Crippen molar-refractivity contribution in [3.05, 3.63) is 54.4 Å². The molecule has 7 nitrogen and oxygen atoms in total. The maximum atomic E-state index is 4.60. The van der Waals surface area contributed by atoms with Crippen LogP contribution in [0.4, 0.5) is 5.82 Å². The molecule has 3 N–H and O–H groups in total. The highest BCUT2D eigenvalue weighted by Crippen LogP contribution is 2.13. The van der Waals surface area contributed by atoms with Gasteiger partial charge in [0.25, 0.3) is 0 Å². The number of benzene rings is 1. The molecule has 0 radical (unpaired) electrons. The third kappa shape index (κ3) is 4.47. The van der Waals surface area contributed by atoms with E-state index in [1.165, 1.54) is 0 Å². The molecule has 130 valence electrons. The lowest BCUT2D eigenvalue weighted by Gasteiger charge is -2.12. The molecule has 3 aromatic rings. The average Bonchev–Trinajstić information content (AvgIpc) is 3.06. The molecule has 0 amide bonds. The summed E-state index contributed by atoms with van der Waals surface area (Å²) in [5.74, 6) is 1.63. The van der Waals surface area contributed by atoms with Crippen molar-refractivity contribution in [1.82, 2.24) is 25.4 Å². The van der Waals surface area contributed by atoms with E-state index in [-0.39, 0.29) is 0 Å². The van der Waals surface area contributed by atoms with Crippen molar-refractivity contribution in [2.45, 2.75) is 6.54 Å². The van der Waals surface area contributed by atoms with Crippen molar-refractivity contribution in [3.8, 4) is 0 Å². The number of para-hydroxylation sites is 1. The summed E-state index contributed by atoms with van der Waals surface area (Å²) in [5, 5.41) is 15.2. The van der Waals surface area contributed by atoms with E-state index in [1.54, 1.807) is 13.2 Å². The van der Waals surface area contributed by atoms with E-state index in [2.05, 4.69) is 43.2 Å². The highest BCUT2D eigenvalue weighted by Gasteiger charge is 2.01. The molecule has 0 saturated carbocycles. The normalized spacial score (nSPS) is 11.5. The first-order valence-corrected chi connectivity index (χ1v) is 8.27. The van der Waals surface area contributed by atoms with E-state index in [0.717, 1.165) is 41.5 Å². The second kappa shape index (κ2) is 8.14. The lowest BCUT2D eigenvalue weighted by atomic mass is 10.2. The number of nitrogens with zero attached hydrogens (tertiary/aromatic N) is 4. The third-order valence-electron chi connectivity index (χ3n) is 3.90. The zero-order chi connectivity index (χ0) is 17.5. The monoisotopic (exact) mass is 337 g/mol. The van der Waals surface area contributed by atoms with Gasteiger partial charge in [0, 0.05) is 38.8 Å². The van der Waals surface area contributed by atoms with E-state index in [9.17, 15) is 0 Å². The fraction of sp³-hybridized carbons (Fsp3) is 0.278. The van der Waals surface area contributed by atoms with Crippen LogP contribution in [0, 0.1) is 0 Å². The Morgan fingerprint density at radius 3 is 2.76 bits per heavy atom. The molecule has 0 bridgehead atoms. The molecule has 1 aromatic carbocycles. The van der Waals surface area contributed by atoms with Crippen molar-refractivity contribution in [3.63, 3.8) is 0 Å². The topological polar surface area (TPSA) is 79.2 Å². The highest BCUT2D eigenvalue weighted by atomic mass is 15.3. The second-order valence-corrected chi connectivity index (χ2v) is 5.61. The average molecular weight is 337 g/mol. The Bertz CT molecular complexity index is 853. The molecule has 3 rings (SSSR count). The van der Waals surface area contributed by atoms with Gasteiger partial charge in [-0.1, -0.05) is 18.2 Å². The predicted octanol–water partition coefficient (Wildman–Crippen LogP) is 1.75. The Kier molecular flexibility index (Phi) is 5.46. The Hall–Kier alpha value is -3.09. The van der Waals surface area contributed by atoms with Gasteiger partial charge < -0.3 is 16.0 Å². The molecule has 0 fully saturated rings. The molecule has 0 aliphatic heterocycles. The van der Waals surface area contributed by atoms with Gasteiger partial charge >= 0.3 is 0 Å². The summed E-state index contributed by atoms with van der Waals surface area (Å²) in [4.78, 5) is 8.82. The molecular formula is C18H23N7. The summed E-state index contributed by atoms with van der Waals surface area (Å²) < 4.78 is 1.84. The lowest BCUT2D eigenvalue weighted by molar-refractivity contribution is 0.685. The van der Waals surface area contributed by atoms with E-state index in [1.807, 2.05) is 42.1 Å². The maximum absolute atomic E-state index is 4.60. The number of pyridine rings is 1. The minimum Gasteiger partial charge on any atom is -0.368 e. The molecule has 0 saturated heterocycles. The Balaban J connectivity index is 1.44. The van der Waals surface area contributed by atoms with Crippen molar-refractivity contribution in [2.24, 2.45) is 12.0 Å². The van der Waals surface area contributed by atoms with Gasteiger partial charge in [0.15, 0.2) is 5.96 Å². The standard InChI is InChI=1S/C18H23N7/c1-19-18(22-13-15-9-10-23-25(15)2)21-12-11-20-17-8-7-14-5-3-4-6-16(14)24-17/h3-10H,11-13H2,1-2H3,(H,20,24)(H2,19,21,22). The van der Waals surface area contributed by atoms with E-state index in [0.29, 0.717) is 6.54 Å². The quantitative estimate of drug-likeness (QED) is 0.363. The fourth-order valence-electron chi connectivity index (χ4n) is 2.51. The van der Waals surface area contributed by atoms with Crippen molar-refractivity contribution < 1.29 is 0 Å². The number of hydrogen-bond donors (Lipinski definition) is 3. The lowest BCUT2D eigenvalue weighted by Crippen LogP contribution is -2.39. The van der Waals surface area contributed by atoms with Crippen LogP contribution in [0.25, 0.3) is 10.9 Å².